The second-order valence-electron chi connectivity index (χ2n) is 5.73. The van der Waals surface area contributed by atoms with Crippen LogP contribution in [0.2, 0.25) is 0 Å². The molecule has 110 valence electrons. The molecule has 1 saturated heterocycles. The van der Waals surface area contributed by atoms with Crippen LogP contribution in [0.4, 0.5) is 5.69 Å². The van der Waals surface area contributed by atoms with E-state index in [2.05, 4.69) is 24.1 Å². The van der Waals surface area contributed by atoms with Crippen LogP contribution >= 0.6 is 0 Å². The maximum absolute atomic E-state index is 10.9. The van der Waals surface area contributed by atoms with Crippen molar-refractivity contribution in [3.8, 4) is 0 Å². The Morgan fingerprint density at radius 3 is 2.65 bits per heavy atom. The highest BCUT2D eigenvalue weighted by Gasteiger charge is 2.24. The molecule has 1 aliphatic heterocycles. The van der Waals surface area contributed by atoms with Crippen molar-refractivity contribution < 1.29 is 4.92 Å². The molecule has 1 heterocycles. The molecule has 2 rings (SSSR count). The standard InChI is InChI=1S/C15H23N3O2/c1-12(2)15(17-8-6-16-7-9-17)11-13-4-3-5-14(10-13)18(19)20/h3-5,10,12,15-16H,6-9,11H2,1-2H3. The number of non-ortho nitro benzene ring substituents is 1. The molecule has 1 atom stereocenters. The van der Waals surface area contributed by atoms with Crippen molar-refractivity contribution in [3.05, 3.63) is 39.9 Å². The fourth-order valence-electron chi connectivity index (χ4n) is 2.84. The van der Waals surface area contributed by atoms with Gasteiger partial charge in [0.2, 0.25) is 0 Å². The smallest absolute Gasteiger partial charge is 0.269 e. The van der Waals surface area contributed by atoms with Gasteiger partial charge in [-0.2, -0.15) is 0 Å². The number of benzene rings is 1. The number of nitrogens with one attached hydrogen (secondary N) is 1. The Labute approximate surface area is 120 Å². The lowest BCUT2D eigenvalue weighted by Gasteiger charge is -2.37. The van der Waals surface area contributed by atoms with Crippen LogP contribution in [0.15, 0.2) is 24.3 Å². The van der Waals surface area contributed by atoms with E-state index in [1.165, 1.54) is 0 Å². The maximum Gasteiger partial charge on any atom is 0.269 e. The van der Waals surface area contributed by atoms with Crippen LogP contribution in [-0.4, -0.2) is 42.0 Å². The second kappa shape index (κ2) is 6.81. The van der Waals surface area contributed by atoms with Crippen LogP contribution in [0, 0.1) is 16.0 Å². The highest BCUT2D eigenvalue weighted by molar-refractivity contribution is 5.34. The topological polar surface area (TPSA) is 58.4 Å². The van der Waals surface area contributed by atoms with Crippen molar-refractivity contribution in [1.29, 1.82) is 0 Å². The molecular weight excluding hydrogens is 254 g/mol. The lowest BCUT2D eigenvalue weighted by molar-refractivity contribution is -0.384. The second-order valence-corrected chi connectivity index (χ2v) is 5.73. The largest absolute Gasteiger partial charge is 0.314 e. The van der Waals surface area contributed by atoms with E-state index in [4.69, 9.17) is 0 Å². The van der Waals surface area contributed by atoms with Gasteiger partial charge < -0.3 is 5.32 Å². The van der Waals surface area contributed by atoms with Crippen LogP contribution < -0.4 is 5.32 Å². The van der Waals surface area contributed by atoms with E-state index in [1.807, 2.05) is 6.07 Å². The Bertz CT molecular complexity index is 456. The minimum absolute atomic E-state index is 0.185. The van der Waals surface area contributed by atoms with Gasteiger partial charge in [0.25, 0.3) is 5.69 Å². The molecule has 0 spiro atoms. The SMILES string of the molecule is CC(C)C(Cc1cccc([N+](=O)[O-])c1)N1CCNCC1. The monoisotopic (exact) mass is 277 g/mol. The first kappa shape index (κ1) is 14.9. The van der Waals surface area contributed by atoms with E-state index in [9.17, 15) is 10.1 Å². The van der Waals surface area contributed by atoms with Crippen molar-refractivity contribution in [1.82, 2.24) is 10.2 Å². The molecule has 1 unspecified atom stereocenters. The Balaban J connectivity index is 2.11. The van der Waals surface area contributed by atoms with Gasteiger partial charge in [0, 0.05) is 44.4 Å². The van der Waals surface area contributed by atoms with Crippen molar-refractivity contribution >= 4 is 5.69 Å². The fourth-order valence-corrected chi connectivity index (χ4v) is 2.84. The molecule has 0 bridgehead atoms. The van der Waals surface area contributed by atoms with Crippen LogP contribution in [0.5, 0.6) is 0 Å². The zero-order valence-electron chi connectivity index (χ0n) is 12.2. The first-order valence-electron chi connectivity index (χ1n) is 7.26. The molecule has 1 N–H and O–H groups in total. The number of hydrogen-bond acceptors (Lipinski definition) is 4. The molecule has 1 fully saturated rings. The van der Waals surface area contributed by atoms with Crippen molar-refractivity contribution in [3.63, 3.8) is 0 Å². The van der Waals surface area contributed by atoms with Crippen molar-refractivity contribution in [2.45, 2.75) is 26.3 Å². The maximum atomic E-state index is 10.9. The van der Waals surface area contributed by atoms with Crippen LogP contribution in [0.25, 0.3) is 0 Å². The first-order valence-corrected chi connectivity index (χ1v) is 7.26. The van der Waals surface area contributed by atoms with Gasteiger partial charge in [-0.1, -0.05) is 26.0 Å². The number of piperazine rings is 1. The number of nitro benzene ring substituents is 1. The van der Waals surface area contributed by atoms with E-state index in [0.717, 1.165) is 38.2 Å². The van der Waals surface area contributed by atoms with Gasteiger partial charge in [-0.3, -0.25) is 15.0 Å². The Hall–Kier alpha value is -1.46. The average molecular weight is 277 g/mol. The molecule has 0 saturated carbocycles. The molecule has 20 heavy (non-hydrogen) atoms. The summed E-state index contributed by atoms with van der Waals surface area (Å²) in [6, 6.07) is 7.47. The number of nitro groups is 1. The lowest BCUT2D eigenvalue weighted by atomic mass is 9.94. The lowest BCUT2D eigenvalue weighted by Crippen LogP contribution is -2.50. The molecule has 0 aromatic heterocycles. The fraction of sp³-hybridized carbons (Fsp3) is 0.600. The third kappa shape index (κ3) is 3.77. The van der Waals surface area contributed by atoms with E-state index >= 15 is 0 Å². The molecule has 5 heteroatoms. The minimum atomic E-state index is -0.321. The molecule has 1 aromatic carbocycles. The Kier molecular flexibility index (Phi) is 5.09. The summed E-state index contributed by atoms with van der Waals surface area (Å²) in [4.78, 5) is 13.0. The van der Waals surface area contributed by atoms with Gasteiger partial charge in [0.1, 0.15) is 0 Å². The summed E-state index contributed by atoms with van der Waals surface area (Å²) >= 11 is 0. The summed E-state index contributed by atoms with van der Waals surface area (Å²) in [5, 5.41) is 14.2. The number of rotatable bonds is 5. The molecule has 5 nitrogen and oxygen atoms in total. The summed E-state index contributed by atoms with van der Waals surface area (Å²) in [7, 11) is 0. The molecule has 0 radical (unpaired) electrons. The minimum Gasteiger partial charge on any atom is -0.314 e. The van der Waals surface area contributed by atoms with Gasteiger partial charge in [-0.05, 0) is 17.9 Å². The predicted octanol–water partition coefficient (Wildman–Crippen LogP) is 2.07. The molecular formula is C15H23N3O2. The van der Waals surface area contributed by atoms with Crippen LogP contribution in [0.1, 0.15) is 19.4 Å². The highest BCUT2D eigenvalue weighted by atomic mass is 16.6. The first-order chi connectivity index (χ1) is 9.58. The summed E-state index contributed by atoms with van der Waals surface area (Å²) in [5.74, 6) is 0.535. The third-order valence-corrected chi connectivity index (χ3v) is 3.96. The zero-order chi connectivity index (χ0) is 14.5. The van der Waals surface area contributed by atoms with E-state index in [1.54, 1.807) is 18.2 Å². The third-order valence-electron chi connectivity index (χ3n) is 3.96. The Morgan fingerprint density at radius 1 is 1.35 bits per heavy atom. The van der Waals surface area contributed by atoms with Gasteiger partial charge in [-0.15, -0.1) is 0 Å². The normalized spacial score (nSPS) is 18.1. The number of nitrogens with zero attached hydrogens (tertiary/aromatic N) is 2. The summed E-state index contributed by atoms with van der Waals surface area (Å²) in [6.45, 7) is 8.61. The van der Waals surface area contributed by atoms with Crippen LogP contribution in [0.3, 0.4) is 0 Å². The quantitative estimate of drug-likeness (QED) is 0.661. The Morgan fingerprint density at radius 2 is 2.05 bits per heavy atom. The van der Waals surface area contributed by atoms with Gasteiger partial charge in [0.05, 0.1) is 4.92 Å². The molecule has 1 aromatic rings. The van der Waals surface area contributed by atoms with E-state index in [0.29, 0.717) is 12.0 Å². The molecule has 0 aliphatic carbocycles. The van der Waals surface area contributed by atoms with Crippen molar-refractivity contribution in [2.75, 3.05) is 26.2 Å². The summed E-state index contributed by atoms with van der Waals surface area (Å²) < 4.78 is 0. The average Bonchev–Trinajstić information content (AvgIpc) is 2.45. The summed E-state index contributed by atoms with van der Waals surface area (Å²) in [6.07, 6.45) is 0.874. The molecule has 1 aliphatic rings. The van der Waals surface area contributed by atoms with E-state index in [-0.39, 0.29) is 10.6 Å². The van der Waals surface area contributed by atoms with Crippen molar-refractivity contribution in [2.24, 2.45) is 5.92 Å². The zero-order valence-corrected chi connectivity index (χ0v) is 12.2. The predicted molar refractivity (Wildman–Crippen MR) is 79.9 cm³/mol. The van der Waals surface area contributed by atoms with Gasteiger partial charge in [0.15, 0.2) is 0 Å². The van der Waals surface area contributed by atoms with E-state index < -0.39 is 0 Å². The molecule has 0 amide bonds. The van der Waals surface area contributed by atoms with Gasteiger partial charge >= 0.3 is 0 Å². The number of hydrogen-bond donors (Lipinski definition) is 1. The van der Waals surface area contributed by atoms with Crippen LogP contribution in [-0.2, 0) is 6.42 Å². The summed E-state index contributed by atoms with van der Waals surface area (Å²) in [5.41, 5.74) is 1.24. The van der Waals surface area contributed by atoms with Gasteiger partial charge in [-0.25, -0.2) is 0 Å². The highest BCUT2D eigenvalue weighted by Crippen LogP contribution is 2.20.